The van der Waals surface area contributed by atoms with Crippen LogP contribution in [-0.4, -0.2) is 12.8 Å². The molecular formula is C25H20ClF5N2O2. The van der Waals surface area contributed by atoms with E-state index in [1.165, 1.54) is 0 Å². The molecule has 0 saturated carbocycles. The molecule has 3 aromatic rings. The molecule has 0 aliphatic rings. The molecule has 0 aliphatic heterocycles. The molecule has 3 rings (SSSR count). The van der Waals surface area contributed by atoms with E-state index in [0.29, 0.717) is 40.7 Å². The van der Waals surface area contributed by atoms with E-state index in [1.54, 1.807) is 37.3 Å². The van der Waals surface area contributed by atoms with Crippen molar-refractivity contribution in [3.8, 4) is 11.5 Å². The molecule has 0 fully saturated rings. The lowest BCUT2D eigenvalue weighted by Gasteiger charge is -2.17. The highest BCUT2D eigenvalue weighted by molar-refractivity contribution is 6.30. The third-order valence-corrected chi connectivity index (χ3v) is 4.97. The van der Waals surface area contributed by atoms with Crippen LogP contribution in [0.3, 0.4) is 0 Å². The van der Waals surface area contributed by atoms with Gasteiger partial charge < -0.3 is 9.47 Å². The molecule has 0 aromatic heterocycles. The van der Waals surface area contributed by atoms with Crippen molar-refractivity contribution < 1.29 is 31.4 Å². The first-order chi connectivity index (χ1) is 16.8. The van der Waals surface area contributed by atoms with Crippen LogP contribution < -0.4 is 14.9 Å². The van der Waals surface area contributed by atoms with E-state index in [2.05, 4.69) is 11.7 Å². The zero-order valence-corrected chi connectivity index (χ0v) is 19.2. The van der Waals surface area contributed by atoms with Gasteiger partial charge in [-0.1, -0.05) is 29.8 Å². The smallest absolute Gasteiger partial charge is 0.200 e. The largest absolute Gasteiger partial charge is 0.490 e. The molecule has 0 amide bonds. The highest BCUT2D eigenvalue weighted by atomic mass is 35.5. The van der Waals surface area contributed by atoms with Gasteiger partial charge in [-0.05, 0) is 48.7 Å². The minimum absolute atomic E-state index is 0.233. The van der Waals surface area contributed by atoms with E-state index in [0.717, 1.165) is 11.8 Å². The SMILES string of the molecule is C=CCc1cc(/C=N\Nc2c(F)c(F)c(F)c(F)c2F)cc(OCC)c1OCc1ccc(Cl)cc1. The molecule has 184 valence electrons. The minimum Gasteiger partial charge on any atom is -0.490 e. The third kappa shape index (κ3) is 6.10. The van der Waals surface area contributed by atoms with Crippen LogP contribution in [0.25, 0.3) is 0 Å². The number of halogens is 6. The standard InChI is InChI=1S/C25H20ClF5N2O2/c1-3-5-16-10-15(12-32-33-24-22(30)20(28)19(27)21(29)23(24)31)11-18(34-4-2)25(16)35-13-14-6-8-17(26)9-7-14/h3,6-12,33H,1,4-5,13H2,2H3/b32-12-. The number of rotatable bonds is 10. The lowest BCUT2D eigenvalue weighted by atomic mass is 10.1. The van der Waals surface area contributed by atoms with E-state index in [1.807, 2.05) is 17.6 Å². The summed E-state index contributed by atoms with van der Waals surface area (Å²) in [5.41, 5.74) is 2.58. The molecule has 0 unspecified atom stereocenters. The summed E-state index contributed by atoms with van der Waals surface area (Å²) < 4.78 is 79.4. The lowest BCUT2D eigenvalue weighted by Crippen LogP contribution is -2.07. The average molecular weight is 511 g/mol. The van der Waals surface area contributed by atoms with Crippen LogP contribution in [0.2, 0.25) is 5.02 Å². The molecule has 0 radical (unpaired) electrons. The van der Waals surface area contributed by atoms with Crippen molar-refractivity contribution in [1.29, 1.82) is 0 Å². The van der Waals surface area contributed by atoms with Crippen LogP contribution in [0.5, 0.6) is 11.5 Å². The fourth-order valence-electron chi connectivity index (χ4n) is 3.10. The van der Waals surface area contributed by atoms with Crippen LogP contribution in [0.4, 0.5) is 27.6 Å². The molecule has 4 nitrogen and oxygen atoms in total. The Labute approximate surface area is 203 Å². The predicted octanol–water partition coefficient (Wildman–Crippen LogP) is 7.19. The number of nitrogens with zero attached hydrogens (tertiary/aromatic N) is 1. The first-order valence-corrected chi connectivity index (χ1v) is 10.7. The number of ether oxygens (including phenoxy) is 2. The van der Waals surface area contributed by atoms with Gasteiger partial charge in [0.2, 0.25) is 5.82 Å². The Morgan fingerprint density at radius 3 is 2.17 bits per heavy atom. The Morgan fingerprint density at radius 1 is 0.943 bits per heavy atom. The monoisotopic (exact) mass is 510 g/mol. The molecule has 10 heteroatoms. The maximum atomic E-state index is 13.8. The summed E-state index contributed by atoms with van der Waals surface area (Å²) in [5.74, 6) is -9.60. The third-order valence-electron chi connectivity index (χ3n) is 4.71. The molecule has 35 heavy (non-hydrogen) atoms. The topological polar surface area (TPSA) is 42.9 Å². The Balaban J connectivity index is 1.89. The highest BCUT2D eigenvalue weighted by Crippen LogP contribution is 2.34. The van der Waals surface area contributed by atoms with Crippen LogP contribution >= 0.6 is 11.6 Å². The number of hydrazone groups is 1. The lowest BCUT2D eigenvalue weighted by molar-refractivity contribution is 0.267. The van der Waals surface area contributed by atoms with E-state index in [4.69, 9.17) is 21.1 Å². The zero-order valence-electron chi connectivity index (χ0n) is 18.5. The summed E-state index contributed by atoms with van der Waals surface area (Å²) in [6, 6.07) is 10.4. The van der Waals surface area contributed by atoms with E-state index in [9.17, 15) is 22.0 Å². The molecule has 3 aromatic carbocycles. The second kappa shape index (κ2) is 11.7. The number of nitrogens with one attached hydrogen (secondary N) is 1. The first-order valence-electron chi connectivity index (χ1n) is 10.3. The summed E-state index contributed by atoms with van der Waals surface area (Å²) in [4.78, 5) is 0. The van der Waals surface area contributed by atoms with Crippen molar-refractivity contribution in [2.75, 3.05) is 12.0 Å². The quantitative estimate of drug-likeness (QED) is 0.0784. The number of hydrogen-bond acceptors (Lipinski definition) is 4. The highest BCUT2D eigenvalue weighted by Gasteiger charge is 2.25. The fourth-order valence-corrected chi connectivity index (χ4v) is 3.23. The Hall–Kier alpha value is -3.59. The summed E-state index contributed by atoms with van der Waals surface area (Å²) in [5, 5.41) is 4.23. The summed E-state index contributed by atoms with van der Waals surface area (Å²) in [7, 11) is 0. The van der Waals surface area contributed by atoms with Crippen molar-refractivity contribution in [2.24, 2.45) is 5.10 Å². The van der Waals surface area contributed by atoms with E-state index < -0.39 is 34.8 Å². The molecule has 0 atom stereocenters. The fraction of sp³-hybridized carbons (Fsp3) is 0.160. The number of allylic oxidation sites excluding steroid dienone is 1. The van der Waals surface area contributed by atoms with Crippen molar-refractivity contribution >= 4 is 23.5 Å². The number of hydrogen-bond donors (Lipinski definition) is 1. The van der Waals surface area contributed by atoms with Gasteiger partial charge in [-0.25, -0.2) is 22.0 Å². The van der Waals surface area contributed by atoms with E-state index >= 15 is 0 Å². The van der Waals surface area contributed by atoms with Gasteiger partial charge in [-0.15, -0.1) is 6.58 Å². The van der Waals surface area contributed by atoms with Crippen LogP contribution in [0, 0.1) is 29.1 Å². The number of anilines is 1. The Bertz CT molecular complexity index is 1220. The van der Waals surface area contributed by atoms with Crippen LogP contribution in [-0.2, 0) is 13.0 Å². The average Bonchev–Trinajstić information content (AvgIpc) is 2.84. The van der Waals surface area contributed by atoms with E-state index in [-0.39, 0.29) is 6.61 Å². The summed E-state index contributed by atoms with van der Waals surface area (Å²) in [6.45, 7) is 6.06. The molecular weight excluding hydrogens is 491 g/mol. The maximum Gasteiger partial charge on any atom is 0.200 e. The Morgan fingerprint density at radius 2 is 1.57 bits per heavy atom. The van der Waals surface area contributed by atoms with Crippen LogP contribution in [0.15, 0.2) is 54.2 Å². The number of benzene rings is 3. The van der Waals surface area contributed by atoms with Crippen molar-refractivity contribution in [1.82, 2.24) is 0 Å². The molecule has 0 bridgehead atoms. The van der Waals surface area contributed by atoms with Gasteiger partial charge in [-0.2, -0.15) is 5.10 Å². The molecule has 0 aliphatic carbocycles. The van der Waals surface area contributed by atoms with Gasteiger partial charge in [0.25, 0.3) is 0 Å². The molecule has 0 spiro atoms. The van der Waals surface area contributed by atoms with Gasteiger partial charge in [-0.3, -0.25) is 5.43 Å². The molecule has 0 heterocycles. The molecule has 1 N–H and O–H groups in total. The maximum absolute atomic E-state index is 13.8. The van der Waals surface area contributed by atoms with Gasteiger partial charge in [0.05, 0.1) is 12.8 Å². The van der Waals surface area contributed by atoms with Gasteiger partial charge in [0.15, 0.2) is 34.8 Å². The van der Waals surface area contributed by atoms with Crippen molar-refractivity contribution in [2.45, 2.75) is 20.0 Å². The Kier molecular flexibility index (Phi) is 8.70. The van der Waals surface area contributed by atoms with Crippen molar-refractivity contribution in [3.63, 3.8) is 0 Å². The second-order valence-corrected chi connectivity index (χ2v) is 7.60. The van der Waals surface area contributed by atoms with Gasteiger partial charge >= 0.3 is 0 Å². The predicted molar refractivity (Wildman–Crippen MR) is 125 cm³/mol. The second-order valence-electron chi connectivity index (χ2n) is 7.16. The molecule has 0 saturated heterocycles. The van der Waals surface area contributed by atoms with Crippen molar-refractivity contribution in [3.05, 3.63) is 99.9 Å². The first kappa shape index (κ1) is 26.0. The minimum atomic E-state index is -2.25. The van der Waals surface area contributed by atoms with Crippen LogP contribution in [0.1, 0.15) is 23.6 Å². The zero-order chi connectivity index (χ0) is 25.5. The summed E-state index contributed by atoms with van der Waals surface area (Å²) in [6.07, 6.45) is 3.19. The van der Waals surface area contributed by atoms with Gasteiger partial charge in [0.1, 0.15) is 12.3 Å². The normalized spacial score (nSPS) is 11.1. The summed E-state index contributed by atoms with van der Waals surface area (Å²) >= 11 is 5.91. The van der Waals surface area contributed by atoms with Gasteiger partial charge in [0, 0.05) is 10.6 Å².